The van der Waals surface area contributed by atoms with Crippen molar-refractivity contribution >= 4 is 11.6 Å². The van der Waals surface area contributed by atoms with Gasteiger partial charge >= 0.3 is 0 Å². The summed E-state index contributed by atoms with van der Waals surface area (Å²) in [6.45, 7) is 7.21. The molecule has 1 aromatic rings. The second-order valence-electron chi connectivity index (χ2n) is 4.96. The molecule has 0 aromatic heterocycles. The van der Waals surface area contributed by atoms with Crippen LogP contribution in [0.4, 0.5) is 5.69 Å². The third-order valence-electron chi connectivity index (χ3n) is 2.16. The molecule has 0 fully saturated rings. The molecule has 0 unspecified atom stereocenters. The maximum absolute atomic E-state index is 11.8. The van der Waals surface area contributed by atoms with Crippen LogP contribution in [0.2, 0.25) is 0 Å². The van der Waals surface area contributed by atoms with Crippen LogP contribution in [-0.4, -0.2) is 16.4 Å². The molecular formula is C12H16N2O3. The predicted octanol–water partition coefficient (Wildman–Crippen LogP) is 2.43. The highest BCUT2D eigenvalue weighted by atomic mass is 16.6. The molecule has 1 amide bonds. The minimum Gasteiger partial charge on any atom is -0.347 e. The summed E-state index contributed by atoms with van der Waals surface area (Å²) in [4.78, 5) is 22.1. The summed E-state index contributed by atoms with van der Waals surface area (Å²) in [5, 5.41) is 13.5. The molecule has 1 rings (SSSR count). The van der Waals surface area contributed by atoms with Crippen molar-refractivity contribution in [3.63, 3.8) is 0 Å². The zero-order chi connectivity index (χ0) is 13.2. The van der Waals surface area contributed by atoms with Crippen LogP contribution in [0, 0.1) is 17.0 Å². The number of hydrogen-bond acceptors (Lipinski definition) is 3. The van der Waals surface area contributed by atoms with Gasteiger partial charge in [0.15, 0.2) is 0 Å². The maximum atomic E-state index is 11.8. The zero-order valence-corrected chi connectivity index (χ0v) is 10.4. The summed E-state index contributed by atoms with van der Waals surface area (Å²) in [7, 11) is 0. The van der Waals surface area contributed by atoms with E-state index in [0.29, 0.717) is 11.1 Å². The number of hydrogen-bond donors (Lipinski definition) is 1. The molecular weight excluding hydrogens is 220 g/mol. The van der Waals surface area contributed by atoms with E-state index in [4.69, 9.17) is 0 Å². The van der Waals surface area contributed by atoms with Gasteiger partial charge in [-0.3, -0.25) is 14.9 Å². The summed E-state index contributed by atoms with van der Waals surface area (Å²) >= 11 is 0. The van der Waals surface area contributed by atoms with E-state index < -0.39 is 4.92 Å². The Hall–Kier alpha value is -1.91. The Bertz CT molecular complexity index is 461. The molecule has 0 saturated heterocycles. The Kier molecular flexibility index (Phi) is 3.50. The van der Waals surface area contributed by atoms with Gasteiger partial charge in [0.25, 0.3) is 11.6 Å². The van der Waals surface area contributed by atoms with Gasteiger partial charge in [0.2, 0.25) is 0 Å². The van der Waals surface area contributed by atoms with Crippen molar-refractivity contribution in [1.29, 1.82) is 0 Å². The molecule has 0 saturated carbocycles. The number of benzene rings is 1. The molecule has 0 heterocycles. The molecule has 5 heteroatoms. The lowest BCUT2D eigenvalue weighted by Crippen LogP contribution is -2.40. The summed E-state index contributed by atoms with van der Waals surface area (Å²) in [6.07, 6.45) is 0. The quantitative estimate of drug-likeness (QED) is 0.633. The van der Waals surface area contributed by atoms with Crippen LogP contribution >= 0.6 is 0 Å². The van der Waals surface area contributed by atoms with Crippen LogP contribution in [0.3, 0.4) is 0 Å². The van der Waals surface area contributed by atoms with Gasteiger partial charge in [0.1, 0.15) is 0 Å². The van der Waals surface area contributed by atoms with Gasteiger partial charge in [-0.25, -0.2) is 0 Å². The second kappa shape index (κ2) is 4.53. The first-order chi connectivity index (χ1) is 7.70. The summed E-state index contributed by atoms with van der Waals surface area (Å²) in [5.74, 6) is -0.305. The van der Waals surface area contributed by atoms with E-state index in [0.717, 1.165) is 0 Å². The first kappa shape index (κ1) is 13.2. The number of rotatable bonds is 2. The number of aryl methyl sites for hydroxylation is 1. The van der Waals surface area contributed by atoms with Gasteiger partial charge in [0.05, 0.1) is 4.92 Å². The van der Waals surface area contributed by atoms with Gasteiger partial charge in [0, 0.05) is 22.7 Å². The predicted molar refractivity (Wildman–Crippen MR) is 65.1 cm³/mol. The number of carbonyl (C=O) groups is 1. The first-order valence-electron chi connectivity index (χ1n) is 5.28. The number of nitrogens with one attached hydrogen (secondary N) is 1. The summed E-state index contributed by atoms with van der Waals surface area (Å²) in [6, 6.07) is 4.47. The monoisotopic (exact) mass is 236 g/mol. The van der Waals surface area contributed by atoms with Crippen molar-refractivity contribution in [2.24, 2.45) is 0 Å². The molecule has 0 aliphatic carbocycles. The van der Waals surface area contributed by atoms with Crippen LogP contribution in [0.15, 0.2) is 18.2 Å². The minimum atomic E-state index is -0.483. The van der Waals surface area contributed by atoms with Crippen molar-refractivity contribution in [1.82, 2.24) is 5.32 Å². The number of carbonyl (C=O) groups excluding carboxylic acids is 1. The van der Waals surface area contributed by atoms with Gasteiger partial charge in [-0.2, -0.15) is 0 Å². The fraction of sp³-hybridized carbons (Fsp3) is 0.417. The normalized spacial score (nSPS) is 11.1. The molecule has 1 N–H and O–H groups in total. The van der Waals surface area contributed by atoms with Crippen LogP contribution in [0.5, 0.6) is 0 Å². The van der Waals surface area contributed by atoms with Crippen LogP contribution in [-0.2, 0) is 0 Å². The molecule has 0 spiro atoms. The molecule has 17 heavy (non-hydrogen) atoms. The van der Waals surface area contributed by atoms with E-state index in [1.807, 2.05) is 20.8 Å². The highest BCUT2D eigenvalue weighted by Gasteiger charge is 2.18. The van der Waals surface area contributed by atoms with Crippen LogP contribution in [0.25, 0.3) is 0 Å². The van der Waals surface area contributed by atoms with E-state index >= 15 is 0 Å². The maximum Gasteiger partial charge on any atom is 0.273 e. The second-order valence-corrected chi connectivity index (χ2v) is 4.96. The third kappa shape index (κ3) is 3.55. The molecule has 0 radical (unpaired) electrons. The summed E-state index contributed by atoms with van der Waals surface area (Å²) < 4.78 is 0. The van der Waals surface area contributed by atoms with E-state index in [9.17, 15) is 14.9 Å². The highest BCUT2D eigenvalue weighted by molar-refractivity contribution is 5.95. The lowest BCUT2D eigenvalue weighted by molar-refractivity contribution is -0.385. The lowest BCUT2D eigenvalue weighted by Gasteiger charge is -2.20. The smallest absolute Gasteiger partial charge is 0.273 e. The lowest BCUT2D eigenvalue weighted by atomic mass is 10.1. The first-order valence-corrected chi connectivity index (χ1v) is 5.28. The van der Waals surface area contributed by atoms with Crippen molar-refractivity contribution in [2.45, 2.75) is 33.2 Å². The van der Waals surface area contributed by atoms with Crippen molar-refractivity contribution in [3.8, 4) is 0 Å². The topological polar surface area (TPSA) is 72.2 Å². The van der Waals surface area contributed by atoms with E-state index in [2.05, 4.69) is 5.32 Å². The largest absolute Gasteiger partial charge is 0.347 e. The molecule has 0 bridgehead atoms. The standard InChI is InChI=1S/C12H16N2O3/c1-8-5-6-9(7-10(8)14(16)17)11(15)13-12(2,3)4/h5-7H,1-4H3,(H,13,15). The van der Waals surface area contributed by atoms with Gasteiger partial charge in [-0.05, 0) is 33.8 Å². The summed E-state index contributed by atoms with van der Waals surface area (Å²) in [5.41, 5.74) is 0.447. The molecule has 0 aliphatic heterocycles. The molecule has 0 aliphatic rings. The van der Waals surface area contributed by atoms with E-state index in [1.165, 1.54) is 6.07 Å². The van der Waals surface area contributed by atoms with E-state index in [1.54, 1.807) is 19.1 Å². The number of nitrogens with zero attached hydrogens (tertiary/aromatic N) is 1. The minimum absolute atomic E-state index is 0.0356. The Morgan fingerprint density at radius 2 is 1.94 bits per heavy atom. The fourth-order valence-electron chi connectivity index (χ4n) is 1.36. The Morgan fingerprint density at radius 3 is 2.41 bits per heavy atom. The van der Waals surface area contributed by atoms with Crippen LogP contribution in [0.1, 0.15) is 36.7 Å². The average molecular weight is 236 g/mol. The molecule has 5 nitrogen and oxygen atoms in total. The Morgan fingerprint density at radius 1 is 1.35 bits per heavy atom. The number of amides is 1. The Balaban J connectivity index is 3.04. The Labute approximate surface area is 100.0 Å². The number of nitro groups is 1. The van der Waals surface area contributed by atoms with Gasteiger partial charge in [-0.15, -0.1) is 0 Å². The SMILES string of the molecule is Cc1ccc(C(=O)NC(C)(C)C)cc1[N+](=O)[O-]. The zero-order valence-electron chi connectivity index (χ0n) is 10.4. The van der Waals surface area contributed by atoms with E-state index in [-0.39, 0.29) is 17.1 Å². The third-order valence-corrected chi connectivity index (χ3v) is 2.16. The average Bonchev–Trinajstić information content (AvgIpc) is 2.14. The van der Waals surface area contributed by atoms with Crippen molar-refractivity contribution < 1.29 is 9.72 Å². The van der Waals surface area contributed by atoms with Crippen molar-refractivity contribution in [2.75, 3.05) is 0 Å². The molecule has 1 aromatic carbocycles. The van der Waals surface area contributed by atoms with Gasteiger partial charge in [-0.1, -0.05) is 6.07 Å². The van der Waals surface area contributed by atoms with Gasteiger partial charge < -0.3 is 5.32 Å². The molecule has 0 atom stereocenters. The molecule has 92 valence electrons. The van der Waals surface area contributed by atoms with Crippen molar-refractivity contribution in [3.05, 3.63) is 39.4 Å². The van der Waals surface area contributed by atoms with Crippen LogP contribution < -0.4 is 5.32 Å². The fourth-order valence-corrected chi connectivity index (χ4v) is 1.36. The number of nitro benzene ring substituents is 1. The highest BCUT2D eigenvalue weighted by Crippen LogP contribution is 2.19.